The first-order valence-electron chi connectivity index (χ1n) is 8.96. The molecule has 3 heterocycles. The van der Waals surface area contributed by atoms with Gasteiger partial charge in [0.15, 0.2) is 5.52 Å². The Morgan fingerprint density at radius 1 is 1.07 bits per heavy atom. The van der Waals surface area contributed by atoms with Crippen LogP contribution in [0.15, 0.2) is 44.6 Å². The third kappa shape index (κ3) is 3.26. The van der Waals surface area contributed by atoms with Gasteiger partial charge in [0, 0.05) is 0 Å². The number of fused-ring (bicyclic) bond motifs is 1. The van der Waals surface area contributed by atoms with E-state index in [0.717, 1.165) is 5.56 Å². The van der Waals surface area contributed by atoms with Crippen molar-refractivity contribution in [1.29, 1.82) is 0 Å². The summed E-state index contributed by atoms with van der Waals surface area (Å²) in [7, 11) is 0. The lowest BCUT2D eigenvalue weighted by molar-refractivity contribution is 0.433. The average molecular weight is 380 g/mol. The van der Waals surface area contributed by atoms with Gasteiger partial charge in [-0.25, -0.2) is 14.3 Å². The summed E-state index contributed by atoms with van der Waals surface area (Å²) < 4.78 is 9.36. The summed E-state index contributed by atoms with van der Waals surface area (Å²) in [5.74, 6) is 0.264. The Hall–Kier alpha value is -3.49. The van der Waals surface area contributed by atoms with E-state index in [1.54, 1.807) is 13.8 Å². The van der Waals surface area contributed by atoms with E-state index < -0.39 is 5.76 Å². The standard InChI is InChI=1S/C19H20N6O3/c1-12-4-6-15(7-5-12)8-9-24-19(27)28-16(22-24)10-23-11-20-25-14(3)21-13(2)17(25)18(23)26/h4-7,11H,8-10H2,1-3H3. The van der Waals surface area contributed by atoms with E-state index in [1.807, 2.05) is 31.2 Å². The fourth-order valence-corrected chi connectivity index (χ4v) is 3.15. The topological polar surface area (TPSA) is 100 Å². The molecule has 0 aliphatic rings. The Morgan fingerprint density at radius 3 is 2.57 bits per heavy atom. The highest BCUT2D eigenvalue weighted by Gasteiger charge is 2.14. The molecule has 0 amide bonds. The minimum Gasteiger partial charge on any atom is -0.390 e. The molecule has 0 fully saturated rings. The van der Waals surface area contributed by atoms with Crippen molar-refractivity contribution in [2.75, 3.05) is 0 Å². The van der Waals surface area contributed by atoms with E-state index in [-0.39, 0.29) is 18.0 Å². The number of hydrogen-bond acceptors (Lipinski definition) is 6. The molecule has 4 rings (SSSR count). The average Bonchev–Trinajstić information content (AvgIpc) is 3.16. The van der Waals surface area contributed by atoms with Crippen molar-refractivity contribution in [3.05, 3.63) is 80.0 Å². The van der Waals surface area contributed by atoms with Crippen LogP contribution in [0, 0.1) is 20.8 Å². The summed E-state index contributed by atoms with van der Waals surface area (Å²) in [6, 6.07) is 8.11. The molecular weight excluding hydrogens is 360 g/mol. The summed E-state index contributed by atoms with van der Waals surface area (Å²) in [6.45, 7) is 6.00. The molecule has 0 saturated carbocycles. The van der Waals surface area contributed by atoms with E-state index in [0.29, 0.717) is 30.0 Å². The maximum absolute atomic E-state index is 12.7. The third-order valence-electron chi connectivity index (χ3n) is 4.65. The van der Waals surface area contributed by atoms with Crippen LogP contribution in [0.5, 0.6) is 0 Å². The Kier molecular flexibility index (Phi) is 4.42. The number of imidazole rings is 1. The van der Waals surface area contributed by atoms with Crippen LogP contribution in [0.25, 0.3) is 5.52 Å². The van der Waals surface area contributed by atoms with Gasteiger partial charge in [-0.1, -0.05) is 29.8 Å². The molecule has 144 valence electrons. The summed E-state index contributed by atoms with van der Waals surface area (Å²) in [5.41, 5.74) is 3.05. The Balaban J connectivity index is 1.55. The van der Waals surface area contributed by atoms with E-state index in [9.17, 15) is 9.59 Å². The predicted octanol–water partition coefficient (Wildman–Crippen LogP) is 1.26. The molecule has 4 aromatic rings. The van der Waals surface area contributed by atoms with Crippen molar-refractivity contribution in [3.63, 3.8) is 0 Å². The number of rotatable bonds is 5. The monoisotopic (exact) mass is 380 g/mol. The Morgan fingerprint density at radius 2 is 1.82 bits per heavy atom. The van der Waals surface area contributed by atoms with Crippen LogP contribution in [0.1, 0.15) is 28.5 Å². The second-order valence-corrected chi connectivity index (χ2v) is 6.79. The van der Waals surface area contributed by atoms with E-state index in [2.05, 4.69) is 15.2 Å². The van der Waals surface area contributed by atoms with Crippen LogP contribution >= 0.6 is 0 Å². The minimum absolute atomic E-state index is 0.0266. The van der Waals surface area contributed by atoms with Gasteiger partial charge in [0.1, 0.15) is 18.7 Å². The summed E-state index contributed by atoms with van der Waals surface area (Å²) in [4.78, 5) is 29.1. The zero-order valence-electron chi connectivity index (χ0n) is 15.9. The highest BCUT2D eigenvalue weighted by atomic mass is 16.4. The van der Waals surface area contributed by atoms with Crippen molar-refractivity contribution >= 4 is 5.52 Å². The van der Waals surface area contributed by atoms with Crippen LogP contribution in [0.3, 0.4) is 0 Å². The van der Waals surface area contributed by atoms with Gasteiger partial charge in [0.25, 0.3) is 5.56 Å². The fraction of sp³-hybridized carbons (Fsp3) is 0.316. The molecule has 9 nitrogen and oxygen atoms in total. The zero-order valence-corrected chi connectivity index (χ0v) is 15.9. The zero-order chi connectivity index (χ0) is 19.8. The number of benzene rings is 1. The molecule has 3 aromatic heterocycles. The number of nitrogens with zero attached hydrogens (tertiary/aromatic N) is 6. The molecule has 0 aliphatic heterocycles. The summed E-state index contributed by atoms with van der Waals surface area (Å²) in [5, 5.41) is 8.45. The molecule has 28 heavy (non-hydrogen) atoms. The molecule has 0 unspecified atom stereocenters. The Bertz CT molecular complexity index is 1260. The third-order valence-corrected chi connectivity index (χ3v) is 4.65. The van der Waals surface area contributed by atoms with Crippen molar-refractivity contribution < 1.29 is 4.42 Å². The highest BCUT2D eigenvalue weighted by molar-refractivity contribution is 5.49. The number of aromatic nitrogens is 6. The van der Waals surface area contributed by atoms with Gasteiger partial charge < -0.3 is 4.42 Å². The normalized spacial score (nSPS) is 11.4. The van der Waals surface area contributed by atoms with E-state index in [1.165, 1.54) is 25.7 Å². The second kappa shape index (κ2) is 6.91. The fourth-order valence-electron chi connectivity index (χ4n) is 3.15. The molecule has 0 radical (unpaired) electrons. The molecule has 1 aromatic carbocycles. The molecule has 0 atom stereocenters. The van der Waals surface area contributed by atoms with Crippen LogP contribution < -0.4 is 11.3 Å². The molecule has 0 aliphatic carbocycles. The molecule has 9 heteroatoms. The lowest BCUT2D eigenvalue weighted by Gasteiger charge is -2.03. The summed E-state index contributed by atoms with van der Waals surface area (Å²) >= 11 is 0. The van der Waals surface area contributed by atoms with Gasteiger partial charge in [0.2, 0.25) is 5.89 Å². The SMILES string of the molecule is Cc1ccc(CCn2nc(Cn3cnn4c(C)nc(C)c4c3=O)oc2=O)cc1. The summed E-state index contributed by atoms with van der Waals surface area (Å²) in [6.07, 6.45) is 2.06. The van der Waals surface area contributed by atoms with Gasteiger partial charge in [0.05, 0.1) is 12.2 Å². The van der Waals surface area contributed by atoms with Gasteiger partial charge in [-0.05, 0) is 32.8 Å². The van der Waals surface area contributed by atoms with Gasteiger partial charge >= 0.3 is 5.76 Å². The lowest BCUT2D eigenvalue weighted by atomic mass is 10.1. The maximum Gasteiger partial charge on any atom is 0.437 e. The molecule has 0 bridgehead atoms. The quantitative estimate of drug-likeness (QED) is 0.517. The van der Waals surface area contributed by atoms with E-state index in [4.69, 9.17) is 4.42 Å². The van der Waals surface area contributed by atoms with Crippen molar-refractivity contribution in [2.24, 2.45) is 0 Å². The second-order valence-electron chi connectivity index (χ2n) is 6.79. The smallest absolute Gasteiger partial charge is 0.390 e. The largest absolute Gasteiger partial charge is 0.437 e. The minimum atomic E-state index is -0.541. The van der Waals surface area contributed by atoms with Gasteiger partial charge in [-0.15, -0.1) is 5.10 Å². The maximum atomic E-state index is 12.7. The molecule has 0 saturated heterocycles. The van der Waals surface area contributed by atoms with E-state index >= 15 is 0 Å². The van der Waals surface area contributed by atoms with Crippen LogP contribution in [-0.2, 0) is 19.5 Å². The molecule has 0 N–H and O–H groups in total. The Labute approximate surface area is 159 Å². The van der Waals surface area contributed by atoms with Crippen LogP contribution in [0.4, 0.5) is 0 Å². The predicted molar refractivity (Wildman–Crippen MR) is 101 cm³/mol. The van der Waals surface area contributed by atoms with Gasteiger partial charge in [-0.2, -0.15) is 9.78 Å². The first-order valence-corrected chi connectivity index (χ1v) is 8.96. The number of aryl methyl sites for hydroxylation is 5. The molecular formula is C19H20N6O3. The highest BCUT2D eigenvalue weighted by Crippen LogP contribution is 2.07. The first kappa shape index (κ1) is 17.9. The van der Waals surface area contributed by atoms with Gasteiger partial charge in [-0.3, -0.25) is 9.36 Å². The van der Waals surface area contributed by atoms with Crippen molar-refractivity contribution in [3.8, 4) is 0 Å². The van der Waals surface area contributed by atoms with Crippen LogP contribution in [0.2, 0.25) is 0 Å². The molecule has 0 spiro atoms. The van der Waals surface area contributed by atoms with Crippen LogP contribution in [-0.4, -0.2) is 28.9 Å². The number of hydrogen-bond donors (Lipinski definition) is 0. The lowest BCUT2D eigenvalue weighted by Crippen LogP contribution is -2.24. The first-order chi connectivity index (χ1) is 13.4. The van der Waals surface area contributed by atoms with Crippen molar-refractivity contribution in [1.82, 2.24) is 28.9 Å². The van der Waals surface area contributed by atoms with Crippen molar-refractivity contribution in [2.45, 2.75) is 40.3 Å².